The van der Waals surface area contributed by atoms with Crippen molar-refractivity contribution >= 4 is 11.7 Å². The van der Waals surface area contributed by atoms with Crippen LogP contribution in [0.2, 0.25) is 0 Å². The highest BCUT2D eigenvalue weighted by Gasteiger charge is 2.05. The lowest BCUT2D eigenvalue weighted by molar-refractivity contribution is -0.118. The summed E-state index contributed by atoms with van der Waals surface area (Å²) in [4.78, 5) is 15.8. The Labute approximate surface area is 122 Å². The van der Waals surface area contributed by atoms with Crippen LogP contribution in [0.5, 0.6) is 11.5 Å². The summed E-state index contributed by atoms with van der Waals surface area (Å²) in [5.41, 5.74) is 6.38. The van der Waals surface area contributed by atoms with Crippen LogP contribution in [0.4, 0.5) is 5.82 Å². The van der Waals surface area contributed by atoms with Crippen LogP contribution in [0.25, 0.3) is 0 Å². The quantitative estimate of drug-likeness (QED) is 0.842. The van der Waals surface area contributed by atoms with Crippen molar-refractivity contribution in [3.63, 3.8) is 0 Å². The van der Waals surface area contributed by atoms with E-state index in [4.69, 9.17) is 15.2 Å². The highest BCUT2D eigenvalue weighted by molar-refractivity contribution is 5.90. The lowest BCUT2D eigenvalue weighted by atomic mass is 10.3. The Morgan fingerprint density at radius 2 is 2.10 bits per heavy atom. The summed E-state index contributed by atoms with van der Waals surface area (Å²) >= 11 is 0. The first-order chi connectivity index (χ1) is 10.2. The van der Waals surface area contributed by atoms with Crippen LogP contribution in [0, 0.1) is 0 Å². The molecule has 1 aromatic carbocycles. The van der Waals surface area contributed by atoms with E-state index in [2.05, 4.69) is 10.3 Å². The van der Waals surface area contributed by atoms with E-state index >= 15 is 0 Å². The smallest absolute Gasteiger partial charge is 0.263 e. The highest BCUT2D eigenvalue weighted by Crippen LogP contribution is 2.18. The molecule has 0 saturated heterocycles. The van der Waals surface area contributed by atoms with Gasteiger partial charge in [0.2, 0.25) is 0 Å². The van der Waals surface area contributed by atoms with Crippen LogP contribution in [-0.2, 0) is 11.3 Å². The fraction of sp³-hybridized carbons (Fsp3) is 0.200. The van der Waals surface area contributed by atoms with Gasteiger partial charge in [0.05, 0.1) is 7.11 Å². The van der Waals surface area contributed by atoms with Gasteiger partial charge >= 0.3 is 0 Å². The summed E-state index contributed by atoms with van der Waals surface area (Å²) in [6.07, 6.45) is 1.62. The van der Waals surface area contributed by atoms with Crippen molar-refractivity contribution < 1.29 is 14.3 Å². The van der Waals surface area contributed by atoms with Crippen LogP contribution in [0.3, 0.4) is 0 Å². The van der Waals surface area contributed by atoms with E-state index in [-0.39, 0.29) is 12.5 Å². The summed E-state index contributed by atoms with van der Waals surface area (Å²) in [5.74, 6) is 1.42. The normalized spacial score (nSPS) is 10.0. The molecule has 1 heterocycles. The van der Waals surface area contributed by atoms with Crippen LogP contribution in [-0.4, -0.2) is 24.6 Å². The molecule has 110 valence electrons. The third-order valence-corrected chi connectivity index (χ3v) is 2.74. The number of hydrogen-bond acceptors (Lipinski definition) is 5. The first-order valence-electron chi connectivity index (χ1n) is 6.43. The Bertz CT molecular complexity index is 599. The lowest BCUT2D eigenvalue weighted by Crippen LogP contribution is -2.20. The monoisotopic (exact) mass is 287 g/mol. The lowest BCUT2D eigenvalue weighted by Gasteiger charge is -2.08. The SMILES string of the molecule is COc1cccc(OCC(=O)Nc2ccc(CN)cn2)c1. The molecule has 0 spiro atoms. The Morgan fingerprint density at radius 3 is 2.76 bits per heavy atom. The van der Waals surface area contributed by atoms with Crippen molar-refractivity contribution in [3.8, 4) is 11.5 Å². The number of pyridine rings is 1. The summed E-state index contributed by atoms with van der Waals surface area (Å²) in [6, 6.07) is 10.6. The van der Waals surface area contributed by atoms with Crippen molar-refractivity contribution in [2.45, 2.75) is 6.54 Å². The van der Waals surface area contributed by atoms with Gasteiger partial charge in [-0.1, -0.05) is 12.1 Å². The zero-order valence-electron chi connectivity index (χ0n) is 11.7. The maximum atomic E-state index is 11.8. The van der Waals surface area contributed by atoms with Crippen molar-refractivity contribution in [2.24, 2.45) is 5.73 Å². The molecule has 1 aromatic heterocycles. The third-order valence-electron chi connectivity index (χ3n) is 2.74. The predicted molar refractivity (Wildman–Crippen MR) is 79.2 cm³/mol. The van der Waals surface area contributed by atoms with E-state index in [0.29, 0.717) is 23.9 Å². The average molecular weight is 287 g/mol. The summed E-state index contributed by atoms with van der Waals surface area (Å²) < 4.78 is 10.5. The van der Waals surface area contributed by atoms with Crippen LogP contribution in [0.1, 0.15) is 5.56 Å². The highest BCUT2D eigenvalue weighted by atomic mass is 16.5. The predicted octanol–water partition coefficient (Wildman–Crippen LogP) is 1.57. The Hall–Kier alpha value is -2.60. The van der Waals surface area contributed by atoms with Gasteiger partial charge in [0.25, 0.3) is 5.91 Å². The number of aromatic nitrogens is 1. The molecule has 6 nitrogen and oxygen atoms in total. The molecule has 0 unspecified atom stereocenters. The first kappa shape index (κ1) is 14.8. The number of nitrogens with zero attached hydrogens (tertiary/aromatic N) is 1. The molecule has 6 heteroatoms. The molecule has 21 heavy (non-hydrogen) atoms. The van der Waals surface area contributed by atoms with Gasteiger partial charge in [-0.2, -0.15) is 0 Å². The number of hydrogen-bond donors (Lipinski definition) is 2. The zero-order valence-corrected chi connectivity index (χ0v) is 11.7. The average Bonchev–Trinajstić information content (AvgIpc) is 2.54. The summed E-state index contributed by atoms with van der Waals surface area (Å²) in [6.45, 7) is 0.313. The summed E-state index contributed by atoms with van der Waals surface area (Å²) in [5, 5.41) is 2.64. The number of amides is 1. The van der Waals surface area contributed by atoms with Gasteiger partial charge in [-0.25, -0.2) is 4.98 Å². The van der Waals surface area contributed by atoms with Gasteiger partial charge in [-0.3, -0.25) is 4.79 Å². The van der Waals surface area contributed by atoms with E-state index in [1.807, 2.05) is 6.07 Å². The minimum Gasteiger partial charge on any atom is -0.497 e. The first-order valence-corrected chi connectivity index (χ1v) is 6.43. The number of ether oxygens (including phenoxy) is 2. The topological polar surface area (TPSA) is 86.5 Å². The fourth-order valence-electron chi connectivity index (χ4n) is 1.64. The number of carbonyl (C=O) groups excluding carboxylic acids is 1. The second-order valence-electron chi connectivity index (χ2n) is 4.27. The number of methoxy groups -OCH3 is 1. The second-order valence-corrected chi connectivity index (χ2v) is 4.27. The number of nitrogens with one attached hydrogen (secondary N) is 1. The molecule has 0 aliphatic carbocycles. The van der Waals surface area contributed by atoms with Gasteiger partial charge in [0, 0.05) is 18.8 Å². The summed E-state index contributed by atoms with van der Waals surface area (Å²) in [7, 11) is 1.57. The third kappa shape index (κ3) is 4.47. The maximum absolute atomic E-state index is 11.8. The van der Waals surface area contributed by atoms with E-state index in [0.717, 1.165) is 5.56 Å². The molecule has 0 aliphatic rings. The Morgan fingerprint density at radius 1 is 1.29 bits per heavy atom. The van der Waals surface area contributed by atoms with Crippen molar-refractivity contribution in [1.82, 2.24) is 4.98 Å². The molecule has 0 fully saturated rings. The van der Waals surface area contributed by atoms with Crippen LogP contribution >= 0.6 is 0 Å². The molecular formula is C15H17N3O3. The fourth-order valence-corrected chi connectivity index (χ4v) is 1.64. The Kier molecular flexibility index (Phi) is 5.11. The minimum absolute atomic E-state index is 0.104. The molecule has 0 saturated carbocycles. The van der Waals surface area contributed by atoms with E-state index in [1.54, 1.807) is 43.6 Å². The zero-order chi connectivity index (χ0) is 15.1. The minimum atomic E-state index is -0.286. The number of nitrogens with two attached hydrogens (primary N) is 1. The molecule has 0 aliphatic heterocycles. The van der Waals surface area contributed by atoms with Gasteiger partial charge in [-0.05, 0) is 23.8 Å². The van der Waals surface area contributed by atoms with Gasteiger partial charge in [0.15, 0.2) is 6.61 Å². The number of anilines is 1. The second kappa shape index (κ2) is 7.25. The maximum Gasteiger partial charge on any atom is 0.263 e. The van der Waals surface area contributed by atoms with Crippen molar-refractivity contribution in [3.05, 3.63) is 48.2 Å². The van der Waals surface area contributed by atoms with E-state index in [9.17, 15) is 4.79 Å². The molecular weight excluding hydrogens is 270 g/mol. The Balaban J connectivity index is 1.86. The molecule has 0 atom stereocenters. The van der Waals surface area contributed by atoms with E-state index < -0.39 is 0 Å². The largest absolute Gasteiger partial charge is 0.497 e. The van der Waals surface area contributed by atoms with E-state index in [1.165, 1.54) is 0 Å². The number of carbonyl (C=O) groups is 1. The van der Waals surface area contributed by atoms with Gasteiger partial charge in [0.1, 0.15) is 17.3 Å². The number of rotatable bonds is 6. The van der Waals surface area contributed by atoms with Gasteiger partial charge < -0.3 is 20.5 Å². The van der Waals surface area contributed by atoms with Crippen molar-refractivity contribution in [2.75, 3.05) is 19.0 Å². The van der Waals surface area contributed by atoms with Gasteiger partial charge in [-0.15, -0.1) is 0 Å². The molecule has 0 radical (unpaired) electrons. The molecule has 2 rings (SSSR count). The van der Waals surface area contributed by atoms with Crippen molar-refractivity contribution in [1.29, 1.82) is 0 Å². The molecule has 2 aromatic rings. The molecule has 0 bridgehead atoms. The number of benzene rings is 1. The standard InChI is InChI=1S/C15H17N3O3/c1-20-12-3-2-4-13(7-12)21-10-15(19)18-14-6-5-11(8-16)9-17-14/h2-7,9H,8,10,16H2,1H3,(H,17,18,19). The molecule has 3 N–H and O–H groups in total. The molecule has 1 amide bonds. The van der Waals surface area contributed by atoms with Crippen LogP contribution < -0.4 is 20.5 Å². The van der Waals surface area contributed by atoms with Crippen LogP contribution in [0.15, 0.2) is 42.6 Å².